The van der Waals surface area contributed by atoms with Crippen molar-refractivity contribution in [1.82, 2.24) is 4.90 Å². The van der Waals surface area contributed by atoms with Gasteiger partial charge in [0.2, 0.25) is 0 Å². The van der Waals surface area contributed by atoms with Gasteiger partial charge in [0.15, 0.2) is 0 Å². The highest BCUT2D eigenvalue weighted by Crippen LogP contribution is 2.07. The fraction of sp³-hybridized carbons (Fsp3) is 0.600. The normalized spacial score (nSPS) is 13.0. The van der Waals surface area contributed by atoms with Gasteiger partial charge in [-0.25, -0.2) is 0 Å². The van der Waals surface area contributed by atoms with E-state index in [9.17, 15) is 0 Å². The zero-order chi connectivity index (χ0) is 12.7. The van der Waals surface area contributed by atoms with Gasteiger partial charge in [-0.2, -0.15) is 0 Å². The van der Waals surface area contributed by atoms with Crippen molar-refractivity contribution in [3.05, 3.63) is 35.4 Å². The maximum Gasteiger partial charge on any atom is 0.0230 e. The van der Waals surface area contributed by atoms with Gasteiger partial charge in [-0.1, -0.05) is 43.2 Å². The molecule has 1 aromatic rings. The number of benzene rings is 1. The SMILES string of the molecule is CCCC(N)CCN(C)Cc1cccc(C)c1. The molecular weight excluding hydrogens is 208 g/mol. The summed E-state index contributed by atoms with van der Waals surface area (Å²) in [5, 5.41) is 0. The molecule has 2 N–H and O–H groups in total. The third-order valence-corrected chi connectivity index (χ3v) is 3.08. The highest BCUT2D eigenvalue weighted by Gasteiger charge is 2.04. The van der Waals surface area contributed by atoms with Gasteiger partial charge < -0.3 is 10.6 Å². The summed E-state index contributed by atoms with van der Waals surface area (Å²) in [6.07, 6.45) is 3.41. The molecule has 0 saturated heterocycles. The van der Waals surface area contributed by atoms with E-state index in [1.54, 1.807) is 0 Å². The summed E-state index contributed by atoms with van der Waals surface area (Å²) in [5.74, 6) is 0. The molecule has 17 heavy (non-hydrogen) atoms. The summed E-state index contributed by atoms with van der Waals surface area (Å²) < 4.78 is 0. The molecule has 96 valence electrons. The second-order valence-corrected chi connectivity index (χ2v) is 5.06. The summed E-state index contributed by atoms with van der Waals surface area (Å²) in [6.45, 7) is 6.42. The van der Waals surface area contributed by atoms with Crippen molar-refractivity contribution in [2.45, 2.75) is 45.7 Å². The van der Waals surface area contributed by atoms with Crippen LogP contribution in [-0.4, -0.2) is 24.5 Å². The first-order valence-electron chi connectivity index (χ1n) is 6.61. The minimum Gasteiger partial charge on any atom is -0.328 e. The molecule has 0 aliphatic heterocycles. The van der Waals surface area contributed by atoms with Gasteiger partial charge in [0, 0.05) is 12.6 Å². The third-order valence-electron chi connectivity index (χ3n) is 3.08. The maximum atomic E-state index is 6.02. The molecule has 0 aromatic heterocycles. The van der Waals surface area contributed by atoms with Gasteiger partial charge in [0.05, 0.1) is 0 Å². The van der Waals surface area contributed by atoms with E-state index < -0.39 is 0 Å². The maximum absolute atomic E-state index is 6.02. The van der Waals surface area contributed by atoms with Gasteiger partial charge >= 0.3 is 0 Å². The van der Waals surface area contributed by atoms with E-state index in [1.807, 2.05) is 0 Å². The number of hydrogen-bond donors (Lipinski definition) is 1. The van der Waals surface area contributed by atoms with Crippen molar-refractivity contribution < 1.29 is 0 Å². The van der Waals surface area contributed by atoms with Crippen LogP contribution < -0.4 is 5.73 Å². The predicted octanol–water partition coefficient (Wildman–Crippen LogP) is 2.94. The molecule has 0 fully saturated rings. The summed E-state index contributed by atoms with van der Waals surface area (Å²) in [6, 6.07) is 9.07. The Labute approximate surface area is 106 Å². The Morgan fingerprint density at radius 1 is 1.29 bits per heavy atom. The molecule has 1 rings (SSSR count). The lowest BCUT2D eigenvalue weighted by Gasteiger charge is -2.19. The van der Waals surface area contributed by atoms with Crippen molar-refractivity contribution in [3.8, 4) is 0 Å². The largest absolute Gasteiger partial charge is 0.328 e. The van der Waals surface area contributed by atoms with E-state index in [0.29, 0.717) is 6.04 Å². The van der Waals surface area contributed by atoms with Crippen LogP contribution >= 0.6 is 0 Å². The fourth-order valence-corrected chi connectivity index (χ4v) is 2.10. The fourth-order valence-electron chi connectivity index (χ4n) is 2.10. The molecule has 0 spiro atoms. The van der Waals surface area contributed by atoms with Crippen LogP contribution in [0, 0.1) is 6.92 Å². The highest BCUT2D eigenvalue weighted by molar-refractivity contribution is 5.21. The quantitative estimate of drug-likeness (QED) is 0.786. The third kappa shape index (κ3) is 5.85. The Kier molecular flexibility index (Phi) is 6.23. The molecule has 0 aliphatic rings. The molecule has 0 amide bonds. The lowest BCUT2D eigenvalue weighted by Crippen LogP contribution is -2.27. The summed E-state index contributed by atoms with van der Waals surface area (Å²) in [4.78, 5) is 2.35. The zero-order valence-electron chi connectivity index (χ0n) is 11.4. The van der Waals surface area contributed by atoms with Gasteiger partial charge in [0.25, 0.3) is 0 Å². The standard InChI is InChI=1S/C15H26N2/c1-4-6-15(16)9-10-17(3)12-14-8-5-7-13(2)11-14/h5,7-8,11,15H,4,6,9-10,12,16H2,1-3H3. The summed E-state index contributed by atoms with van der Waals surface area (Å²) >= 11 is 0. The monoisotopic (exact) mass is 234 g/mol. The Hall–Kier alpha value is -0.860. The van der Waals surface area contributed by atoms with E-state index in [4.69, 9.17) is 5.73 Å². The van der Waals surface area contributed by atoms with Crippen molar-refractivity contribution in [2.24, 2.45) is 5.73 Å². The van der Waals surface area contributed by atoms with E-state index in [2.05, 4.69) is 50.1 Å². The lowest BCUT2D eigenvalue weighted by atomic mass is 10.1. The Balaban J connectivity index is 2.32. The molecule has 0 radical (unpaired) electrons. The zero-order valence-corrected chi connectivity index (χ0v) is 11.4. The molecule has 0 heterocycles. The van der Waals surface area contributed by atoms with Crippen LogP contribution in [0.2, 0.25) is 0 Å². The molecule has 0 bridgehead atoms. The van der Waals surface area contributed by atoms with E-state index in [0.717, 1.165) is 25.9 Å². The topological polar surface area (TPSA) is 29.3 Å². The van der Waals surface area contributed by atoms with Crippen molar-refractivity contribution >= 4 is 0 Å². The van der Waals surface area contributed by atoms with E-state index >= 15 is 0 Å². The number of nitrogens with zero attached hydrogens (tertiary/aromatic N) is 1. The first-order valence-corrected chi connectivity index (χ1v) is 6.61. The van der Waals surface area contributed by atoms with Gasteiger partial charge in [-0.15, -0.1) is 0 Å². The van der Waals surface area contributed by atoms with Crippen LogP contribution in [0.3, 0.4) is 0 Å². The van der Waals surface area contributed by atoms with Gasteiger partial charge in [-0.05, 0) is 38.9 Å². The highest BCUT2D eigenvalue weighted by atomic mass is 15.1. The van der Waals surface area contributed by atoms with Gasteiger partial charge in [0.1, 0.15) is 0 Å². The van der Waals surface area contributed by atoms with E-state index in [1.165, 1.54) is 17.5 Å². The van der Waals surface area contributed by atoms with Crippen LogP contribution in [0.5, 0.6) is 0 Å². The molecule has 1 unspecified atom stereocenters. The number of aryl methyl sites for hydroxylation is 1. The number of hydrogen-bond acceptors (Lipinski definition) is 2. The minimum absolute atomic E-state index is 0.361. The molecule has 2 nitrogen and oxygen atoms in total. The average Bonchev–Trinajstić information content (AvgIpc) is 2.27. The van der Waals surface area contributed by atoms with Crippen LogP contribution in [0.15, 0.2) is 24.3 Å². The van der Waals surface area contributed by atoms with Crippen molar-refractivity contribution in [3.63, 3.8) is 0 Å². The number of rotatable bonds is 7. The Bertz CT molecular complexity index is 322. The second kappa shape index (κ2) is 7.46. The van der Waals surface area contributed by atoms with Gasteiger partial charge in [-0.3, -0.25) is 0 Å². The minimum atomic E-state index is 0.361. The molecule has 0 aliphatic carbocycles. The van der Waals surface area contributed by atoms with Crippen LogP contribution in [0.1, 0.15) is 37.3 Å². The molecule has 1 atom stereocenters. The second-order valence-electron chi connectivity index (χ2n) is 5.06. The predicted molar refractivity (Wildman–Crippen MR) is 75.0 cm³/mol. The number of nitrogens with two attached hydrogens (primary N) is 1. The molecule has 0 saturated carbocycles. The van der Waals surface area contributed by atoms with Crippen LogP contribution in [-0.2, 0) is 6.54 Å². The first kappa shape index (κ1) is 14.2. The van der Waals surface area contributed by atoms with Crippen LogP contribution in [0.25, 0.3) is 0 Å². The average molecular weight is 234 g/mol. The molecular formula is C15H26N2. The Morgan fingerprint density at radius 2 is 2.06 bits per heavy atom. The summed E-state index contributed by atoms with van der Waals surface area (Å²) in [5.41, 5.74) is 8.74. The Morgan fingerprint density at radius 3 is 2.71 bits per heavy atom. The molecule has 2 heteroatoms. The first-order chi connectivity index (χ1) is 8.11. The molecule has 1 aromatic carbocycles. The summed E-state index contributed by atoms with van der Waals surface area (Å²) in [7, 11) is 2.17. The van der Waals surface area contributed by atoms with Crippen molar-refractivity contribution in [2.75, 3.05) is 13.6 Å². The van der Waals surface area contributed by atoms with E-state index in [-0.39, 0.29) is 0 Å². The lowest BCUT2D eigenvalue weighted by molar-refractivity contribution is 0.307. The smallest absolute Gasteiger partial charge is 0.0230 e. The van der Waals surface area contributed by atoms with Crippen molar-refractivity contribution in [1.29, 1.82) is 0 Å². The van der Waals surface area contributed by atoms with Crippen LogP contribution in [0.4, 0.5) is 0 Å².